The van der Waals surface area contributed by atoms with Gasteiger partial charge in [-0.25, -0.2) is 4.39 Å². The first-order chi connectivity index (χ1) is 11.7. The monoisotopic (exact) mass is 343 g/mol. The molecule has 5 nitrogen and oxygen atoms in total. The molecule has 4 rings (SSSR count). The molecule has 0 aliphatic heterocycles. The van der Waals surface area contributed by atoms with Crippen LogP contribution in [0.4, 0.5) is 4.39 Å². The average Bonchev–Trinajstić information content (AvgIpc) is 3.15. The van der Waals surface area contributed by atoms with Gasteiger partial charge in [0.2, 0.25) is 0 Å². The maximum absolute atomic E-state index is 13.8. The van der Waals surface area contributed by atoms with Gasteiger partial charge in [0.1, 0.15) is 11.6 Å². The fourth-order valence-electron chi connectivity index (χ4n) is 2.41. The molecule has 1 fully saturated rings. The number of aromatic nitrogens is 2. The molecule has 7 heteroatoms. The van der Waals surface area contributed by atoms with E-state index in [9.17, 15) is 9.18 Å². The highest BCUT2D eigenvalue weighted by atomic mass is 32.1. The van der Waals surface area contributed by atoms with Gasteiger partial charge in [-0.1, -0.05) is 23.4 Å². The number of hydrogen-bond acceptors (Lipinski definition) is 4. The van der Waals surface area contributed by atoms with Crippen molar-refractivity contribution in [1.82, 2.24) is 9.72 Å². The van der Waals surface area contributed by atoms with Gasteiger partial charge in [0.05, 0.1) is 6.54 Å². The molecule has 3 aromatic rings. The first-order valence-electron chi connectivity index (χ1n) is 7.64. The lowest BCUT2D eigenvalue weighted by atomic mass is 10.2. The lowest BCUT2D eigenvalue weighted by Gasteiger charge is -2.04. The topological polar surface area (TPSA) is 60.4 Å². The van der Waals surface area contributed by atoms with Crippen LogP contribution in [0.2, 0.25) is 0 Å². The van der Waals surface area contributed by atoms with E-state index in [2.05, 4.69) is 10.1 Å². The minimum absolute atomic E-state index is 0.211. The van der Waals surface area contributed by atoms with Gasteiger partial charge in [-0.15, -0.1) is 11.3 Å². The van der Waals surface area contributed by atoms with Gasteiger partial charge in [-0.05, 0) is 18.9 Å². The van der Waals surface area contributed by atoms with Gasteiger partial charge >= 0.3 is 5.91 Å². The second-order valence-electron chi connectivity index (χ2n) is 5.71. The summed E-state index contributed by atoms with van der Waals surface area (Å²) >= 11 is 1.32. The molecular weight excluding hydrogens is 329 g/mol. The Kier molecular flexibility index (Phi) is 3.86. The third kappa shape index (κ3) is 3.07. The Balaban J connectivity index is 1.59. The normalized spacial score (nSPS) is 15.0. The van der Waals surface area contributed by atoms with Crippen molar-refractivity contribution in [1.29, 1.82) is 0 Å². The molecule has 0 bridgehead atoms. The van der Waals surface area contributed by atoms with E-state index >= 15 is 0 Å². The number of halogens is 1. The molecule has 1 aliphatic rings. The second-order valence-corrected chi connectivity index (χ2v) is 6.58. The SMILES string of the molecule is O=C(N=c1sccn1Cc1ccccc1F)c1cc(C2CC2)on1. The number of benzene rings is 1. The zero-order chi connectivity index (χ0) is 16.5. The second kappa shape index (κ2) is 6.16. The average molecular weight is 343 g/mol. The van der Waals surface area contributed by atoms with Gasteiger partial charge in [0.25, 0.3) is 0 Å². The molecule has 122 valence electrons. The van der Waals surface area contributed by atoms with E-state index in [4.69, 9.17) is 4.52 Å². The van der Waals surface area contributed by atoms with Crippen molar-refractivity contribution >= 4 is 17.2 Å². The first kappa shape index (κ1) is 15.0. The van der Waals surface area contributed by atoms with Crippen LogP contribution in [-0.4, -0.2) is 15.6 Å². The van der Waals surface area contributed by atoms with Gasteiger partial charge in [0, 0.05) is 29.1 Å². The third-order valence-corrected chi connectivity index (χ3v) is 4.68. The smallest absolute Gasteiger partial charge is 0.301 e. The number of hydrogen-bond donors (Lipinski definition) is 0. The highest BCUT2D eigenvalue weighted by Gasteiger charge is 2.28. The molecule has 2 aromatic heterocycles. The molecule has 1 saturated carbocycles. The lowest BCUT2D eigenvalue weighted by Crippen LogP contribution is -2.17. The van der Waals surface area contributed by atoms with E-state index in [1.54, 1.807) is 35.0 Å². The molecule has 0 unspecified atom stereocenters. The van der Waals surface area contributed by atoms with Crippen molar-refractivity contribution < 1.29 is 13.7 Å². The number of nitrogens with zero attached hydrogens (tertiary/aromatic N) is 3. The molecule has 2 heterocycles. The van der Waals surface area contributed by atoms with E-state index in [0.29, 0.717) is 22.8 Å². The molecule has 1 aromatic carbocycles. The zero-order valence-electron chi connectivity index (χ0n) is 12.7. The Bertz CT molecular complexity index is 952. The minimum Gasteiger partial charge on any atom is -0.360 e. The third-order valence-electron chi connectivity index (χ3n) is 3.88. The molecule has 24 heavy (non-hydrogen) atoms. The van der Waals surface area contributed by atoms with Gasteiger partial charge in [0.15, 0.2) is 10.5 Å². The van der Waals surface area contributed by atoms with E-state index in [0.717, 1.165) is 18.6 Å². The van der Waals surface area contributed by atoms with E-state index in [1.165, 1.54) is 17.4 Å². The minimum atomic E-state index is -0.449. The van der Waals surface area contributed by atoms with Crippen molar-refractivity contribution in [2.24, 2.45) is 4.99 Å². The quantitative estimate of drug-likeness (QED) is 0.730. The maximum Gasteiger partial charge on any atom is 0.301 e. The summed E-state index contributed by atoms with van der Waals surface area (Å²) in [6.07, 6.45) is 3.93. The summed E-state index contributed by atoms with van der Waals surface area (Å²) in [5, 5.41) is 5.61. The molecule has 1 amide bonds. The predicted molar refractivity (Wildman–Crippen MR) is 86.2 cm³/mol. The summed E-state index contributed by atoms with van der Waals surface area (Å²) in [7, 11) is 0. The van der Waals surface area contributed by atoms with Crippen LogP contribution in [0.25, 0.3) is 0 Å². The van der Waals surface area contributed by atoms with Crippen LogP contribution >= 0.6 is 11.3 Å². The van der Waals surface area contributed by atoms with Crippen molar-refractivity contribution in [2.45, 2.75) is 25.3 Å². The van der Waals surface area contributed by atoms with E-state index in [1.807, 2.05) is 5.38 Å². The zero-order valence-corrected chi connectivity index (χ0v) is 13.5. The highest BCUT2D eigenvalue weighted by molar-refractivity contribution is 7.07. The number of carbonyl (C=O) groups excluding carboxylic acids is 1. The van der Waals surface area contributed by atoms with Crippen molar-refractivity contribution in [3.05, 3.63) is 69.5 Å². The lowest BCUT2D eigenvalue weighted by molar-refractivity contribution is 0.0989. The highest BCUT2D eigenvalue weighted by Crippen LogP contribution is 2.40. The van der Waals surface area contributed by atoms with Crippen molar-refractivity contribution in [3.8, 4) is 0 Å². The van der Waals surface area contributed by atoms with Gasteiger partial charge < -0.3 is 9.09 Å². The Morgan fingerprint density at radius 1 is 1.42 bits per heavy atom. The van der Waals surface area contributed by atoms with Crippen LogP contribution in [0.15, 0.2) is 51.4 Å². The molecule has 0 atom stereocenters. The maximum atomic E-state index is 13.8. The number of rotatable bonds is 4. The van der Waals surface area contributed by atoms with Crippen LogP contribution in [0, 0.1) is 5.82 Å². The van der Waals surface area contributed by atoms with E-state index < -0.39 is 5.91 Å². The molecule has 1 aliphatic carbocycles. The van der Waals surface area contributed by atoms with Crippen LogP contribution in [0.5, 0.6) is 0 Å². The first-order valence-corrected chi connectivity index (χ1v) is 8.51. The molecule has 0 spiro atoms. The molecular formula is C17H14FN3O2S. The fraction of sp³-hybridized carbons (Fsp3) is 0.235. The van der Waals surface area contributed by atoms with Crippen LogP contribution < -0.4 is 4.80 Å². The summed E-state index contributed by atoms with van der Waals surface area (Å²) < 4.78 is 20.7. The van der Waals surface area contributed by atoms with Crippen LogP contribution in [-0.2, 0) is 6.54 Å². The summed E-state index contributed by atoms with van der Waals surface area (Å²) in [6.45, 7) is 0.314. The van der Waals surface area contributed by atoms with Crippen molar-refractivity contribution in [2.75, 3.05) is 0 Å². The summed E-state index contributed by atoms with van der Waals surface area (Å²) in [6, 6.07) is 8.22. The number of thiazole rings is 1. The summed E-state index contributed by atoms with van der Waals surface area (Å²) in [5.41, 5.74) is 0.755. The van der Waals surface area contributed by atoms with Gasteiger partial charge in [-0.3, -0.25) is 4.79 Å². The number of carbonyl (C=O) groups is 1. The molecule has 0 saturated heterocycles. The summed E-state index contributed by atoms with van der Waals surface area (Å²) in [4.78, 5) is 16.9. The standard InChI is InChI=1S/C17H14FN3O2S/c18-13-4-2-1-3-12(13)10-21-7-8-24-17(21)19-16(22)14-9-15(23-20-14)11-5-6-11/h1-4,7-9,11H,5-6,10H2. The Morgan fingerprint density at radius 3 is 3.04 bits per heavy atom. The van der Waals surface area contributed by atoms with Gasteiger partial charge in [-0.2, -0.15) is 4.99 Å². The molecule has 0 N–H and O–H groups in total. The molecule has 0 radical (unpaired) electrons. The van der Waals surface area contributed by atoms with Crippen molar-refractivity contribution in [3.63, 3.8) is 0 Å². The Morgan fingerprint density at radius 2 is 2.25 bits per heavy atom. The fourth-order valence-corrected chi connectivity index (χ4v) is 3.14. The Hall–Kier alpha value is -2.54. The summed E-state index contributed by atoms with van der Waals surface area (Å²) in [5.74, 6) is 0.417. The van der Waals surface area contributed by atoms with Crippen LogP contribution in [0.3, 0.4) is 0 Å². The van der Waals surface area contributed by atoms with Crippen LogP contribution in [0.1, 0.15) is 40.6 Å². The largest absolute Gasteiger partial charge is 0.360 e. The predicted octanol–water partition coefficient (Wildman–Crippen LogP) is 3.34. The van der Waals surface area contributed by atoms with E-state index in [-0.39, 0.29) is 11.5 Å². The number of amides is 1. The Labute approximate surface area is 141 Å².